The first kappa shape index (κ1) is 14.1. The molecule has 1 aromatic heterocycles. The molecular formula is C14H23ClS. The van der Waals surface area contributed by atoms with Gasteiger partial charge in [0.2, 0.25) is 0 Å². The van der Waals surface area contributed by atoms with Gasteiger partial charge in [0, 0.05) is 9.75 Å². The first-order valence-electron chi connectivity index (χ1n) is 5.84. The summed E-state index contributed by atoms with van der Waals surface area (Å²) in [5.41, 5.74) is 0.527. The summed E-state index contributed by atoms with van der Waals surface area (Å²) in [4.78, 5) is 2.73. The molecule has 0 aliphatic rings. The summed E-state index contributed by atoms with van der Waals surface area (Å²) in [6, 6.07) is 4.41. The van der Waals surface area contributed by atoms with Gasteiger partial charge in [0.15, 0.2) is 0 Å². The highest BCUT2D eigenvalue weighted by Crippen LogP contribution is 2.39. The van der Waals surface area contributed by atoms with Crippen LogP contribution in [0.15, 0.2) is 12.1 Å². The average Bonchev–Trinajstić information content (AvgIpc) is 2.46. The Morgan fingerprint density at radius 1 is 1.12 bits per heavy atom. The predicted octanol–water partition coefficient (Wildman–Crippen LogP) is 5.76. The van der Waals surface area contributed by atoms with Crippen LogP contribution in [0.1, 0.15) is 63.1 Å². The van der Waals surface area contributed by atoms with E-state index >= 15 is 0 Å². The Hall–Kier alpha value is -0.0100. The molecule has 0 saturated carbocycles. The highest BCUT2D eigenvalue weighted by Gasteiger charge is 2.22. The van der Waals surface area contributed by atoms with E-state index in [1.54, 1.807) is 0 Å². The van der Waals surface area contributed by atoms with Gasteiger partial charge in [-0.1, -0.05) is 41.5 Å². The summed E-state index contributed by atoms with van der Waals surface area (Å²) in [5.74, 6) is 0. The molecule has 0 fully saturated rings. The molecule has 16 heavy (non-hydrogen) atoms. The van der Waals surface area contributed by atoms with Gasteiger partial charge in [0.25, 0.3) is 0 Å². The third kappa shape index (κ3) is 4.10. The number of halogens is 1. The van der Waals surface area contributed by atoms with Crippen LogP contribution >= 0.6 is 22.9 Å². The maximum atomic E-state index is 6.46. The Kier molecular flexibility index (Phi) is 4.13. The van der Waals surface area contributed by atoms with Crippen molar-refractivity contribution in [3.05, 3.63) is 21.9 Å². The summed E-state index contributed by atoms with van der Waals surface area (Å²) in [5, 5.41) is 0.154. The minimum absolute atomic E-state index is 0.154. The van der Waals surface area contributed by atoms with Crippen LogP contribution in [0.5, 0.6) is 0 Å². The Morgan fingerprint density at radius 3 is 2.06 bits per heavy atom. The van der Waals surface area contributed by atoms with E-state index in [0.717, 1.165) is 6.42 Å². The van der Waals surface area contributed by atoms with Crippen LogP contribution < -0.4 is 0 Å². The summed E-state index contributed by atoms with van der Waals surface area (Å²) in [6.07, 6.45) is 1.03. The Balaban J connectivity index is 2.79. The summed E-state index contributed by atoms with van der Waals surface area (Å²) in [6.45, 7) is 13.4. The lowest BCUT2D eigenvalue weighted by Crippen LogP contribution is -2.08. The molecule has 0 aliphatic carbocycles. The Labute approximate surface area is 109 Å². The van der Waals surface area contributed by atoms with Crippen molar-refractivity contribution in [2.75, 3.05) is 0 Å². The molecule has 0 aromatic carbocycles. The third-order valence-electron chi connectivity index (χ3n) is 2.47. The summed E-state index contributed by atoms with van der Waals surface area (Å²) >= 11 is 8.32. The number of rotatable bonds is 2. The van der Waals surface area contributed by atoms with Crippen LogP contribution in [-0.2, 0) is 5.41 Å². The molecule has 0 spiro atoms. The predicted molar refractivity (Wildman–Crippen MR) is 75.7 cm³/mol. The molecule has 1 rings (SSSR count). The van der Waals surface area contributed by atoms with Crippen molar-refractivity contribution in [1.29, 1.82) is 0 Å². The maximum Gasteiger partial charge on any atom is 0.0683 e. The van der Waals surface area contributed by atoms with Crippen molar-refractivity contribution in [1.82, 2.24) is 0 Å². The van der Waals surface area contributed by atoms with Gasteiger partial charge >= 0.3 is 0 Å². The van der Waals surface area contributed by atoms with Crippen LogP contribution in [0.3, 0.4) is 0 Å². The van der Waals surface area contributed by atoms with Gasteiger partial charge in [-0.25, -0.2) is 0 Å². The van der Waals surface area contributed by atoms with E-state index in [9.17, 15) is 0 Å². The quantitative estimate of drug-likeness (QED) is 0.592. The van der Waals surface area contributed by atoms with Crippen molar-refractivity contribution in [2.45, 2.75) is 58.8 Å². The fraction of sp³-hybridized carbons (Fsp3) is 0.714. The molecular weight excluding hydrogens is 236 g/mol. The monoisotopic (exact) mass is 258 g/mol. The second kappa shape index (κ2) is 4.70. The number of thiophene rings is 1. The third-order valence-corrected chi connectivity index (χ3v) is 4.61. The maximum absolute atomic E-state index is 6.46. The van der Waals surface area contributed by atoms with Gasteiger partial charge in [-0.2, -0.15) is 0 Å². The summed E-state index contributed by atoms with van der Waals surface area (Å²) < 4.78 is 0. The minimum Gasteiger partial charge on any atom is -0.143 e. The Morgan fingerprint density at radius 2 is 1.69 bits per heavy atom. The minimum atomic E-state index is 0.154. The molecule has 0 aliphatic heterocycles. The van der Waals surface area contributed by atoms with E-state index < -0.39 is 0 Å². The SMILES string of the molecule is CC(C)(C)CC(Cl)c1ccc(C(C)(C)C)s1. The van der Waals surface area contributed by atoms with Crippen molar-refractivity contribution in [3.8, 4) is 0 Å². The lowest BCUT2D eigenvalue weighted by molar-refractivity contribution is 0.374. The molecule has 0 bridgehead atoms. The fourth-order valence-corrected chi connectivity index (χ4v) is 3.28. The molecule has 1 atom stereocenters. The van der Waals surface area contributed by atoms with Crippen LogP contribution in [-0.4, -0.2) is 0 Å². The topological polar surface area (TPSA) is 0 Å². The van der Waals surface area contributed by atoms with Crippen LogP contribution in [0.25, 0.3) is 0 Å². The molecule has 2 heteroatoms. The van der Waals surface area contributed by atoms with Gasteiger partial charge < -0.3 is 0 Å². The van der Waals surface area contributed by atoms with Gasteiger partial charge in [-0.05, 0) is 29.4 Å². The average molecular weight is 259 g/mol. The number of hydrogen-bond acceptors (Lipinski definition) is 1. The second-order valence-electron chi connectivity index (χ2n) is 6.68. The molecule has 0 nitrogen and oxygen atoms in total. The van der Waals surface area contributed by atoms with E-state index in [-0.39, 0.29) is 16.2 Å². The summed E-state index contributed by atoms with van der Waals surface area (Å²) in [7, 11) is 0. The first-order chi connectivity index (χ1) is 7.09. The van der Waals surface area contributed by atoms with E-state index in [0.29, 0.717) is 0 Å². The van der Waals surface area contributed by atoms with Crippen molar-refractivity contribution >= 4 is 22.9 Å². The smallest absolute Gasteiger partial charge is 0.0683 e. The van der Waals surface area contributed by atoms with E-state index in [1.165, 1.54) is 9.75 Å². The van der Waals surface area contributed by atoms with Crippen molar-refractivity contribution in [3.63, 3.8) is 0 Å². The first-order valence-corrected chi connectivity index (χ1v) is 7.09. The van der Waals surface area contributed by atoms with Crippen molar-refractivity contribution in [2.24, 2.45) is 5.41 Å². The van der Waals surface area contributed by atoms with Crippen molar-refractivity contribution < 1.29 is 0 Å². The largest absolute Gasteiger partial charge is 0.143 e. The highest BCUT2D eigenvalue weighted by atomic mass is 35.5. The van der Waals surface area contributed by atoms with E-state index in [2.05, 4.69) is 53.7 Å². The zero-order valence-corrected chi connectivity index (χ0v) is 12.8. The zero-order chi connectivity index (χ0) is 12.6. The zero-order valence-electron chi connectivity index (χ0n) is 11.2. The van der Waals surface area contributed by atoms with Gasteiger partial charge in [-0.15, -0.1) is 22.9 Å². The number of alkyl halides is 1. The number of hydrogen-bond donors (Lipinski definition) is 0. The molecule has 1 aromatic rings. The van der Waals surface area contributed by atoms with Gasteiger partial charge in [0.05, 0.1) is 5.38 Å². The van der Waals surface area contributed by atoms with Gasteiger partial charge in [0.1, 0.15) is 0 Å². The lowest BCUT2D eigenvalue weighted by Gasteiger charge is -2.21. The van der Waals surface area contributed by atoms with Crippen LogP contribution in [0.4, 0.5) is 0 Å². The van der Waals surface area contributed by atoms with E-state index in [4.69, 9.17) is 11.6 Å². The molecule has 92 valence electrons. The van der Waals surface area contributed by atoms with Crippen LogP contribution in [0, 0.1) is 5.41 Å². The normalized spacial score (nSPS) is 15.2. The molecule has 0 amide bonds. The fourth-order valence-electron chi connectivity index (χ4n) is 1.56. The standard InChI is InChI=1S/C14H23ClS/c1-13(2,3)9-10(15)11-7-8-12(16-11)14(4,5)6/h7-8,10H,9H2,1-6H3. The lowest BCUT2D eigenvalue weighted by atomic mass is 9.90. The molecule has 1 unspecified atom stereocenters. The van der Waals surface area contributed by atoms with E-state index in [1.807, 2.05) is 11.3 Å². The second-order valence-corrected chi connectivity index (χ2v) is 8.33. The Bertz CT molecular complexity index is 338. The molecule has 1 heterocycles. The molecule has 0 N–H and O–H groups in total. The van der Waals surface area contributed by atoms with Gasteiger partial charge in [-0.3, -0.25) is 0 Å². The molecule has 0 saturated heterocycles. The highest BCUT2D eigenvalue weighted by molar-refractivity contribution is 7.12. The van der Waals surface area contributed by atoms with Crippen LogP contribution in [0.2, 0.25) is 0 Å². The molecule has 0 radical (unpaired) electrons.